The summed E-state index contributed by atoms with van der Waals surface area (Å²) in [7, 11) is -3.18. The molecule has 0 aliphatic rings. The zero-order valence-electron chi connectivity index (χ0n) is 8.76. The molecule has 1 rings (SSSR count). The van der Waals surface area contributed by atoms with Crippen LogP contribution in [0.25, 0.3) is 0 Å². The van der Waals surface area contributed by atoms with Gasteiger partial charge < -0.3 is 5.11 Å². The van der Waals surface area contributed by atoms with Gasteiger partial charge in [-0.25, -0.2) is 8.42 Å². The first-order valence-electron chi connectivity index (χ1n) is 4.95. The van der Waals surface area contributed by atoms with E-state index in [0.717, 1.165) is 0 Å². The minimum Gasteiger partial charge on any atom is -0.396 e. The summed E-state index contributed by atoms with van der Waals surface area (Å²) in [6.45, 7) is 1.87. The van der Waals surface area contributed by atoms with Gasteiger partial charge in [-0.3, -0.25) is 0 Å². The zero-order valence-corrected chi connectivity index (χ0v) is 9.57. The molecule has 0 spiro atoms. The predicted molar refractivity (Wildman–Crippen MR) is 59.4 cm³/mol. The first-order valence-corrected chi connectivity index (χ1v) is 6.60. The fourth-order valence-corrected chi connectivity index (χ4v) is 2.71. The number of aliphatic hydroxyl groups excluding tert-OH is 1. The largest absolute Gasteiger partial charge is 0.396 e. The SMILES string of the molecule is C[C@@H](CO)CCS(=O)(=O)c1ccccc1. The highest BCUT2D eigenvalue weighted by atomic mass is 32.2. The minimum absolute atomic E-state index is 0.0310. The Balaban J connectivity index is 2.69. The third-order valence-corrected chi connectivity index (χ3v) is 4.06. The van der Waals surface area contributed by atoms with Crippen LogP contribution in [-0.2, 0) is 9.84 Å². The fourth-order valence-electron chi connectivity index (χ4n) is 1.19. The van der Waals surface area contributed by atoms with Crippen molar-refractivity contribution < 1.29 is 13.5 Å². The van der Waals surface area contributed by atoms with E-state index in [1.807, 2.05) is 6.92 Å². The van der Waals surface area contributed by atoms with Gasteiger partial charge in [-0.15, -0.1) is 0 Å². The first-order chi connectivity index (χ1) is 7.06. The number of hydrogen-bond donors (Lipinski definition) is 1. The van der Waals surface area contributed by atoms with Crippen molar-refractivity contribution in [2.75, 3.05) is 12.4 Å². The Kier molecular flexibility index (Phi) is 4.29. The molecule has 15 heavy (non-hydrogen) atoms. The lowest BCUT2D eigenvalue weighted by atomic mass is 10.1. The highest BCUT2D eigenvalue weighted by Crippen LogP contribution is 2.13. The molecule has 1 aromatic carbocycles. The van der Waals surface area contributed by atoms with Crippen LogP contribution in [0.2, 0.25) is 0 Å². The Bertz CT molecular complexity index is 384. The number of hydrogen-bond acceptors (Lipinski definition) is 3. The average Bonchev–Trinajstić information content (AvgIpc) is 2.27. The molecule has 1 atom stereocenters. The molecule has 0 saturated heterocycles. The van der Waals surface area contributed by atoms with Gasteiger partial charge in [0, 0.05) is 6.61 Å². The second-order valence-electron chi connectivity index (χ2n) is 3.71. The second kappa shape index (κ2) is 5.28. The van der Waals surface area contributed by atoms with E-state index in [1.54, 1.807) is 30.3 Å². The number of sulfone groups is 1. The van der Waals surface area contributed by atoms with Gasteiger partial charge in [-0.05, 0) is 24.5 Å². The molecule has 0 saturated carbocycles. The van der Waals surface area contributed by atoms with E-state index in [0.29, 0.717) is 11.3 Å². The predicted octanol–water partition coefficient (Wildman–Crippen LogP) is 1.48. The van der Waals surface area contributed by atoms with Crippen molar-refractivity contribution in [1.29, 1.82) is 0 Å². The summed E-state index contributed by atoms with van der Waals surface area (Å²) < 4.78 is 23.5. The molecule has 0 aliphatic carbocycles. The first kappa shape index (κ1) is 12.2. The summed E-state index contributed by atoms with van der Waals surface area (Å²) in [5, 5.41) is 8.81. The third kappa shape index (κ3) is 3.64. The monoisotopic (exact) mass is 228 g/mol. The summed E-state index contributed by atoms with van der Waals surface area (Å²) in [5.74, 6) is 0.127. The maximum atomic E-state index is 11.8. The smallest absolute Gasteiger partial charge is 0.178 e. The summed E-state index contributed by atoms with van der Waals surface area (Å²) in [6.07, 6.45) is 0.494. The van der Waals surface area contributed by atoms with Crippen LogP contribution < -0.4 is 0 Å². The van der Waals surface area contributed by atoms with E-state index in [4.69, 9.17) is 5.11 Å². The molecule has 84 valence electrons. The van der Waals surface area contributed by atoms with Crippen LogP contribution in [-0.4, -0.2) is 25.9 Å². The van der Waals surface area contributed by atoms with E-state index in [2.05, 4.69) is 0 Å². The molecule has 0 radical (unpaired) electrons. The molecule has 0 aliphatic heterocycles. The average molecular weight is 228 g/mol. The van der Waals surface area contributed by atoms with Crippen LogP contribution in [0, 0.1) is 5.92 Å². The molecule has 0 aromatic heterocycles. The van der Waals surface area contributed by atoms with Gasteiger partial charge in [0.05, 0.1) is 10.6 Å². The Hall–Kier alpha value is -0.870. The highest BCUT2D eigenvalue weighted by molar-refractivity contribution is 7.91. The van der Waals surface area contributed by atoms with Crippen molar-refractivity contribution >= 4 is 9.84 Å². The minimum atomic E-state index is -3.18. The number of aliphatic hydroxyl groups is 1. The maximum absolute atomic E-state index is 11.8. The molecule has 1 aromatic rings. The van der Waals surface area contributed by atoms with Gasteiger partial charge in [-0.2, -0.15) is 0 Å². The maximum Gasteiger partial charge on any atom is 0.178 e. The zero-order chi connectivity index (χ0) is 11.3. The molecule has 4 heteroatoms. The molecular formula is C11H16O3S. The normalized spacial score (nSPS) is 13.7. The Morgan fingerprint density at radius 1 is 1.27 bits per heavy atom. The van der Waals surface area contributed by atoms with Crippen molar-refractivity contribution in [3.8, 4) is 0 Å². The van der Waals surface area contributed by atoms with Gasteiger partial charge in [0.2, 0.25) is 0 Å². The van der Waals surface area contributed by atoms with E-state index in [1.165, 1.54) is 0 Å². The van der Waals surface area contributed by atoms with Crippen molar-refractivity contribution in [3.05, 3.63) is 30.3 Å². The van der Waals surface area contributed by atoms with E-state index in [9.17, 15) is 8.42 Å². The van der Waals surface area contributed by atoms with Crippen LogP contribution >= 0.6 is 0 Å². The van der Waals surface area contributed by atoms with Crippen LogP contribution in [0.4, 0.5) is 0 Å². The van der Waals surface area contributed by atoms with Crippen LogP contribution in [0.1, 0.15) is 13.3 Å². The topological polar surface area (TPSA) is 54.4 Å². The van der Waals surface area contributed by atoms with Crippen molar-refractivity contribution in [3.63, 3.8) is 0 Å². The molecule has 0 fully saturated rings. The number of rotatable bonds is 5. The number of benzene rings is 1. The van der Waals surface area contributed by atoms with Crippen LogP contribution in [0.5, 0.6) is 0 Å². The van der Waals surface area contributed by atoms with Crippen LogP contribution in [0.3, 0.4) is 0 Å². The molecule has 0 bridgehead atoms. The lowest BCUT2D eigenvalue weighted by molar-refractivity contribution is 0.234. The van der Waals surface area contributed by atoms with E-state index < -0.39 is 9.84 Å². The Morgan fingerprint density at radius 2 is 1.87 bits per heavy atom. The quantitative estimate of drug-likeness (QED) is 0.830. The van der Waals surface area contributed by atoms with Crippen molar-refractivity contribution in [1.82, 2.24) is 0 Å². The lowest BCUT2D eigenvalue weighted by Gasteiger charge is -2.08. The lowest BCUT2D eigenvalue weighted by Crippen LogP contribution is -2.12. The van der Waals surface area contributed by atoms with E-state index in [-0.39, 0.29) is 18.3 Å². The van der Waals surface area contributed by atoms with Crippen molar-refractivity contribution in [2.24, 2.45) is 5.92 Å². The molecule has 0 heterocycles. The third-order valence-electron chi connectivity index (χ3n) is 2.29. The van der Waals surface area contributed by atoms with Gasteiger partial charge >= 0.3 is 0 Å². The molecule has 0 unspecified atom stereocenters. The molecular weight excluding hydrogens is 212 g/mol. The van der Waals surface area contributed by atoms with Gasteiger partial charge in [0.25, 0.3) is 0 Å². The highest BCUT2D eigenvalue weighted by Gasteiger charge is 2.14. The summed E-state index contributed by atoms with van der Waals surface area (Å²) >= 11 is 0. The molecule has 3 nitrogen and oxygen atoms in total. The second-order valence-corrected chi connectivity index (χ2v) is 5.82. The standard InChI is InChI=1S/C11H16O3S/c1-10(9-12)7-8-15(13,14)11-5-3-2-4-6-11/h2-6,10,12H,7-9H2,1H3/t10-/m1/s1. The molecule has 1 N–H and O–H groups in total. The van der Waals surface area contributed by atoms with Crippen molar-refractivity contribution in [2.45, 2.75) is 18.2 Å². The summed E-state index contributed by atoms with van der Waals surface area (Å²) in [4.78, 5) is 0.357. The van der Waals surface area contributed by atoms with Crippen LogP contribution in [0.15, 0.2) is 35.2 Å². The Morgan fingerprint density at radius 3 is 2.40 bits per heavy atom. The Labute approximate surface area is 90.7 Å². The summed E-state index contributed by atoms with van der Waals surface area (Å²) in [6, 6.07) is 8.40. The molecule has 0 amide bonds. The van der Waals surface area contributed by atoms with Gasteiger partial charge in [-0.1, -0.05) is 25.1 Å². The van der Waals surface area contributed by atoms with Gasteiger partial charge in [0.1, 0.15) is 0 Å². The van der Waals surface area contributed by atoms with Gasteiger partial charge in [0.15, 0.2) is 9.84 Å². The summed E-state index contributed by atoms with van der Waals surface area (Å²) in [5.41, 5.74) is 0. The van der Waals surface area contributed by atoms with E-state index >= 15 is 0 Å². The fraction of sp³-hybridized carbons (Fsp3) is 0.455.